The number of hydrogen-bond donors (Lipinski definition) is 0. The molecule has 1 aliphatic heterocycles. The first kappa shape index (κ1) is 27.7. The third kappa shape index (κ3) is 5.04. The Morgan fingerprint density at radius 2 is 1.93 bits per heavy atom. The molecule has 0 saturated carbocycles. The zero-order chi connectivity index (χ0) is 28.6. The summed E-state index contributed by atoms with van der Waals surface area (Å²) in [7, 11) is 3.09. The van der Waals surface area contributed by atoms with Crippen molar-refractivity contribution in [1.29, 1.82) is 0 Å². The molecule has 2 aromatic carbocycles. The SMILES string of the molecule is CCOC(=O)C1=C(C)N=c2s/c(=C/c3ccc(-c4ccc(C)cc4Br)o3)c(=O)n2C1c1ccc(OC)cc1OC. The summed E-state index contributed by atoms with van der Waals surface area (Å²) in [5.41, 5.74) is 3.08. The van der Waals surface area contributed by atoms with Crippen LogP contribution in [0.3, 0.4) is 0 Å². The monoisotopic (exact) mass is 622 g/mol. The number of fused-ring (bicyclic) bond motifs is 1. The first-order chi connectivity index (χ1) is 19.2. The third-order valence-electron chi connectivity index (χ3n) is 6.54. The van der Waals surface area contributed by atoms with Crippen molar-refractivity contribution in [1.82, 2.24) is 4.57 Å². The van der Waals surface area contributed by atoms with Gasteiger partial charge in [-0.3, -0.25) is 9.36 Å². The second kappa shape index (κ2) is 11.3. The molecule has 0 saturated heterocycles. The smallest absolute Gasteiger partial charge is 0.338 e. The molecule has 1 unspecified atom stereocenters. The van der Waals surface area contributed by atoms with E-state index in [9.17, 15) is 9.59 Å². The summed E-state index contributed by atoms with van der Waals surface area (Å²) in [6.07, 6.45) is 1.70. The van der Waals surface area contributed by atoms with Gasteiger partial charge in [-0.05, 0) is 62.7 Å². The number of rotatable bonds is 7. The van der Waals surface area contributed by atoms with E-state index in [1.165, 1.54) is 23.0 Å². The molecule has 3 heterocycles. The number of carbonyl (C=O) groups excluding carboxylic acids is 1. The fourth-order valence-electron chi connectivity index (χ4n) is 4.65. The molecule has 0 bridgehead atoms. The number of aryl methyl sites for hydroxylation is 1. The highest BCUT2D eigenvalue weighted by Gasteiger charge is 2.35. The summed E-state index contributed by atoms with van der Waals surface area (Å²) < 4.78 is 25.3. The Balaban J connectivity index is 1.67. The van der Waals surface area contributed by atoms with Crippen molar-refractivity contribution in [3.63, 3.8) is 0 Å². The Hall–Kier alpha value is -3.89. The van der Waals surface area contributed by atoms with Gasteiger partial charge in [0.1, 0.15) is 29.1 Å². The van der Waals surface area contributed by atoms with Gasteiger partial charge in [0.25, 0.3) is 5.56 Å². The molecule has 8 nitrogen and oxygen atoms in total. The number of aromatic nitrogens is 1. The maximum Gasteiger partial charge on any atom is 0.338 e. The highest BCUT2D eigenvalue weighted by molar-refractivity contribution is 9.10. The average molecular weight is 624 g/mol. The second-order valence-corrected chi connectivity index (χ2v) is 11.0. The Bertz CT molecular complexity index is 1830. The highest BCUT2D eigenvalue weighted by atomic mass is 79.9. The summed E-state index contributed by atoms with van der Waals surface area (Å²) in [5, 5.41) is 0. The Kier molecular flexibility index (Phi) is 7.82. The molecular formula is C30H27BrN2O6S. The van der Waals surface area contributed by atoms with E-state index < -0.39 is 12.0 Å². The lowest BCUT2D eigenvalue weighted by atomic mass is 9.95. The van der Waals surface area contributed by atoms with Crippen LogP contribution in [-0.2, 0) is 9.53 Å². The zero-order valence-electron chi connectivity index (χ0n) is 22.6. The van der Waals surface area contributed by atoms with Gasteiger partial charge in [0.2, 0.25) is 0 Å². The lowest BCUT2D eigenvalue weighted by Gasteiger charge is -2.26. The molecule has 206 valence electrons. The number of halogens is 1. The molecule has 40 heavy (non-hydrogen) atoms. The quantitative estimate of drug-likeness (QED) is 0.265. The number of esters is 1. The van der Waals surface area contributed by atoms with Gasteiger partial charge < -0.3 is 18.6 Å². The van der Waals surface area contributed by atoms with Gasteiger partial charge in [0, 0.05) is 27.7 Å². The van der Waals surface area contributed by atoms with Crippen LogP contribution >= 0.6 is 27.3 Å². The normalized spacial score (nSPS) is 15.1. The predicted molar refractivity (Wildman–Crippen MR) is 157 cm³/mol. The van der Waals surface area contributed by atoms with E-state index in [1.54, 1.807) is 45.2 Å². The molecule has 2 aromatic heterocycles. The summed E-state index contributed by atoms with van der Waals surface area (Å²) in [5.74, 6) is 1.70. The van der Waals surface area contributed by atoms with Crippen LogP contribution < -0.4 is 24.4 Å². The molecule has 0 fully saturated rings. The second-order valence-electron chi connectivity index (χ2n) is 9.10. The van der Waals surface area contributed by atoms with Crippen LogP contribution in [0.15, 0.2) is 78.5 Å². The van der Waals surface area contributed by atoms with Crippen molar-refractivity contribution in [3.05, 3.63) is 101 Å². The van der Waals surface area contributed by atoms with Crippen molar-refractivity contribution in [2.75, 3.05) is 20.8 Å². The largest absolute Gasteiger partial charge is 0.497 e. The van der Waals surface area contributed by atoms with E-state index >= 15 is 0 Å². The lowest BCUT2D eigenvalue weighted by molar-refractivity contribution is -0.139. The summed E-state index contributed by atoms with van der Waals surface area (Å²) >= 11 is 4.82. The number of ether oxygens (including phenoxy) is 3. The van der Waals surface area contributed by atoms with Gasteiger partial charge in [-0.2, -0.15) is 0 Å². The van der Waals surface area contributed by atoms with Crippen LogP contribution in [0.4, 0.5) is 0 Å². The number of hydrogen-bond acceptors (Lipinski definition) is 8. The van der Waals surface area contributed by atoms with Crippen LogP contribution in [-0.4, -0.2) is 31.4 Å². The zero-order valence-corrected chi connectivity index (χ0v) is 25.0. The van der Waals surface area contributed by atoms with Crippen LogP contribution in [0.25, 0.3) is 17.4 Å². The van der Waals surface area contributed by atoms with E-state index in [4.69, 9.17) is 18.6 Å². The van der Waals surface area contributed by atoms with E-state index in [0.717, 1.165) is 15.6 Å². The first-order valence-corrected chi connectivity index (χ1v) is 14.1. The minimum absolute atomic E-state index is 0.185. The lowest BCUT2D eigenvalue weighted by Crippen LogP contribution is -2.40. The van der Waals surface area contributed by atoms with Crippen molar-refractivity contribution < 1.29 is 23.4 Å². The number of nitrogens with zero attached hydrogens (tertiary/aromatic N) is 2. The van der Waals surface area contributed by atoms with Gasteiger partial charge >= 0.3 is 5.97 Å². The summed E-state index contributed by atoms with van der Waals surface area (Å²) in [6.45, 7) is 5.68. The Labute approximate surface area is 243 Å². The number of methoxy groups -OCH3 is 2. The number of benzene rings is 2. The fourth-order valence-corrected chi connectivity index (χ4v) is 6.37. The standard InChI is InChI=1S/C30H27BrN2O6S/c1-6-38-29(35)26-17(3)32-30-33(27(26)21-11-8-18(36-4)14-24(21)37-5)28(34)25(40-30)15-19-9-12-23(39-19)20-10-7-16(2)13-22(20)31/h7-15,27H,6H2,1-5H3/b25-15+. The minimum Gasteiger partial charge on any atom is -0.497 e. The van der Waals surface area contributed by atoms with Crippen molar-refractivity contribution in [2.24, 2.45) is 4.99 Å². The molecule has 1 atom stereocenters. The predicted octanol–water partition coefficient (Wildman–Crippen LogP) is 5.15. The average Bonchev–Trinajstić information content (AvgIpc) is 3.51. The molecule has 0 N–H and O–H groups in total. The third-order valence-corrected chi connectivity index (χ3v) is 8.18. The number of thiazole rings is 1. The van der Waals surface area contributed by atoms with E-state index in [2.05, 4.69) is 20.9 Å². The summed E-state index contributed by atoms with van der Waals surface area (Å²) in [4.78, 5) is 32.2. The molecule has 0 amide bonds. The van der Waals surface area contributed by atoms with Crippen molar-refractivity contribution in [3.8, 4) is 22.8 Å². The van der Waals surface area contributed by atoms with E-state index in [0.29, 0.717) is 43.6 Å². The van der Waals surface area contributed by atoms with Crippen LogP contribution in [0, 0.1) is 6.92 Å². The van der Waals surface area contributed by atoms with Gasteiger partial charge in [0.15, 0.2) is 4.80 Å². The van der Waals surface area contributed by atoms with E-state index in [-0.39, 0.29) is 17.7 Å². The topological polar surface area (TPSA) is 92.3 Å². The highest BCUT2D eigenvalue weighted by Crippen LogP contribution is 2.37. The van der Waals surface area contributed by atoms with Crippen LogP contribution in [0.1, 0.15) is 36.8 Å². The molecule has 0 radical (unpaired) electrons. The number of furan rings is 1. The van der Waals surface area contributed by atoms with E-state index in [1.807, 2.05) is 37.3 Å². The molecule has 1 aliphatic rings. The maximum absolute atomic E-state index is 13.9. The molecule has 0 spiro atoms. The molecular weight excluding hydrogens is 596 g/mol. The van der Waals surface area contributed by atoms with Crippen LogP contribution in [0.2, 0.25) is 0 Å². The van der Waals surface area contributed by atoms with Crippen molar-refractivity contribution in [2.45, 2.75) is 26.8 Å². The minimum atomic E-state index is -0.811. The molecule has 4 aromatic rings. The van der Waals surface area contributed by atoms with Crippen molar-refractivity contribution >= 4 is 39.3 Å². The molecule has 5 rings (SSSR count). The first-order valence-electron chi connectivity index (χ1n) is 12.5. The van der Waals surface area contributed by atoms with Gasteiger partial charge in [-0.15, -0.1) is 0 Å². The summed E-state index contributed by atoms with van der Waals surface area (Å²) in [6, 6.07) is 14.2. The molecule has 0 aliphatic carbocycles. The molecule has 10 heteroatoms. The number of carbonyl (C=O) groups is 1. The van der Waals surface area contributed by atoms with Gasteiger partial charge in [-0.25, -0.2) is 9.79 Å². The van der Waals surface area contributed by atoms with Gasteiger partial charge in [-0.1, -0.05) is 33.3 Å². The Morgan fingerprint density at radius 1 is 1.12 bits per heavy atom. The van der Waals surface area contributed by atoms with Gasteiger partial charge in [0.05, 0.1) is 36.6 Å². The number of allylic oxidation sites excluding steroid dienone is 1. The maximum atomic E-state index is 13.9. The van der Waals surface area contributed by atoms with Crippen LogP contribution in [0.5, 0.6) is 11.5 Å². The Morgan fingerprint density at radius 3 is 2.62 bits per heavy atom. The fraction of sp³-hybridized carbons (Fsp3) is 0.233.